The van der Waals surface area contributed by atoms with Gasteiger partial charge in [0.25, 0.3) is 0 Å². The van der Waals surface area contributed by atoms with Crippen molar-refractivity contribution in [2.45, 2.75) is 0 Å². The van der Waals surface area contributed by atoms with E-state index in [4.69, 9.17) is 18.8 Å². The SMILES string of the molecule is c1cnc2c(c1)c1cnccc1n2-c1ccc2oc3cc4oc5ccc(-n6c7ccncc7c7cccnc76)cc5c4cc3c2c1. The predicted molar refractivity (Wildman–Crippen MR) is 181 cm³/mol. The molecule has 0 spiro atoms. The third kappa shape index (κ3) is 3.07. The molecule has 0 radical (unpaired) electrons. The smallest absolute Gasteiger partial charge is 0.145 e. The second-order valence-corrected chi connectivity index (χ2v) is 11.6. The van der Waals surface area contributed by atoms with Crippen LogP contribution in [0.25, 0.3) is 99.1 Å². The van der Waals surface area contributed by atoms with Crippen molar-refractivity contribution in [1.82, 2.24) is 29.1 Å². The summed E-state index contributed by atoms with van der Waals surface area (Å²) in [6.45, 7) is 0. The lowest BCUT2D eigenvalue weighted by Gasteiger charge is -2.07. The van der Waals surface area contributed by atoms with Crippen LogP contribution in [0.5, 0.6) is 0 Å². The van der Waals surface area contributed by atoms with Gasteiger partial charge in [0.2, 0.25) is 0 Å². The molecule has 46 heavy (non-hydrogen) atoms. The average molecular weight is 593 g/mol. The molecule has 11 aromatic rings. The van der Waals surface area contributed by atoms with Gasteiger partial charge in [-0.25, -0.2) is 9.97 Å². The minimum absolute atomic E-state index is 0.780. The molecule has 3 aromatic carbocycles. The molecule has 0 atom stereocenters. The Bertz CT molecular complexity index is 2740. The lowest BCUT2D eigenvalue weighted by molar-refractivity contribution is 0.656. The maximum Gasteiger partial charge on any atom is 0.145 e. The molecule has 0 amide bonds. The van der Waals surface area contributed by atoms with Crippen LogP contribution in [0.3, 0.4) is 0 Å². The van der Waals surface area contributed by atoms with E-state index in [1.54, 1.807) is 0 Å². The van der Waals surface area contributed by atoms with Gasteiger partial charge in [0.05, 0.1) is 11.0 Å². The maximum absolute atomic E-state index is 6.37. The molecule has 8 aromatic heterocycles. The third-order valence-electron chi connectivity index (χ3n) is 9.20. The van der Waals surface area contributed by atoms with E-state index in [1.807, 2.05) is 79.6 Å². The molecule has 0 fully saturated rings. The Morgan fingerprint density at radius 3 is 1.43 bits per heavy atom. The van der Waals surface area contributed by atoms with Gasteiger partial charge in [-0.15, -0.1) is 0 Å². The fraction of sp³-hybridized carbons (Fsp3) is 0. The van der Waals surface area contributed by atoms with Crippen LogP contribution in [-0.4, -0.2) is 29.1 Å². The van der Waals surface area contributed by atoms with Gasteiger partial charge < -0.3 is 8.83 Å². The maximum atomic E-state index is 6.37. The Morgan fingerprint density at radius 1 is 0.413 bits per heavy atom. The van der Waals surface area contributed by atoms with Gasteiger partial charge in [-0.1, -0.05) is 0 Å². The molecular weight excluding hydrogens is 572 g/mol. The summed E-state index contributed by atoms with van der Waals surface area (Å²) in [6, 6.07) is 29.0. The quantitative estimate of drug-likeness (QED) is 0.199. The first-order chi connectivity index (χ1) is 22.8. The molecule has 0 saturated carbocycles. The summed E-state index contributed by atoms with van der Waals surface area (Å²) >= 11 is 0. The largest absolute Gasteiger partial charge is 0.456 e. The monoisotopic (exact) mass is 592 g/mol. The Balaban J connectivity index is 1.16. The Kier molecular flexibility index (Phi) is 4.43. The molecule has 0 aliphatic carbocycles. The van der Waals surface area contributed by atoms with Crippen LogP contribution >= 0.6 is 0 Å². The Morgan fingerprint density at radius 2 is 0.913 bits per heavy atom. The van der Waals surface area contributed by atoms with Gasteiger partial charge >= 0.3 is 0 Å². The van der Waals surface area contributed by atoms with Gasteiger partial charge in [0.15, 0.2) is 0 Å². The van der Waals surface area contributed by atoms with Crippen LogP contribution in [0.2, 0.25) is 0 Å². The van der Waals surface area contributed by atoms with E-state index >= 15 is 0 Å². The first-order valence-electron chi connectivity index (χ1n) is 15.0. The van der Waals surface area contributed by atoms with E-state index in [0.717, 1.165) is 99.1 Å². The summed E-state index contributed by atoms with van der Waals surface area (Å²) < 4.78 is 17.1. The van der Waals surface area contributed by atoms with Gasteiger partial charge in [-0.2, -0.15) is 0 Å². The summed E-state index contributed by atoms with van der Waals surface area (Å²) in [5.41, 5.74) is 9.11. The van der Waals surface area contributed by atoms with E-state index in [9.17, 15) is 0 Å². The zero-order chi connectivity index (χ0) is 29.9. The fourth-order valence-corrected chi connectivity index (χ4v) is 7.20. The lowest BCUT2D eigenvalue weighted by Crippen LogP contribution is -1.95. The van der Waals surface area contributed by atoms with E-state index in [0.29, 0.717) is 0 Å². The van der Waals surface area contributed by atoms with Gasteiger partial charge in [-0.05, 0) is 78.9 Å². The van der Waals surface area contributed by atoms with E-state index in [2.05, 4.69) is 61.6 Å². The van der Waals surface area contributed by atoms with E-state index in [-0.39, 0.29) is 0 Å². The highest BCUT2D eigenvalue weighted by Gasteiger charge is 2.19. The second-order valence-electron chi connectivity index (χ2n) is 11.6. The second kappa shape index (κ2) is 8.55. The topological polar surface area (TPSA) is 87.7 Å². The number of fused-ring (bicyclic) bond motifs is 12. The molecule has 0 bridgehead atoms. The molecule has 0 saturated heterocycles. The van der Waals surface area contributed by atoms with Gasteiger partial charge in [0, 0.05) is 97.7 Å². The van der Waals surface area contributed by atoms with E-state index in [1.165, 1.54) is 0 Å². The van der Waals surface area contributed by atoms with Gasteiger partial charge in [-0.3, -0.25) is 19.1 Å². The van der Waals surface area contributed by atoms with Gasteiger partial charge in [0.1, 0.15) is 33.6 Å². The number of hydrogen-bond donors (Lipinski definition) is 0. The zero-order valence-electron chi connectivity index (χ0n) is 24.0. The normalized spacial score (nSPS) is 12.3. The van der Waals surface area contributed by atoms with Crippen LogP contribution < -0.4 is 0 Å². The molecule has 0 N–H and O–H groups in total. The molecule has 11 rings (SSSR count). The zero-order valence-corrected chi connectivity index (χ0v) is 24.0. The molecule has 214 valence electrons. The molecular formula is C38H20N6O2. The average Bonchev–Trinajstić information content (AvgIpc) is 3.84. The first-order valence-corrected chi connectivity index (χ1v) is 15.0. The number of rotatable bonds is 2. The van der Waals surface area contributed by atoms with Crippen LogP contribution in [0.1, 0.15) is 0 Å². The van der Waals surface area contributed by atoms with Crippen molar-refractivity contribution < 1.29 is 8.83 Å². The number of aromatic nitrogens is 6. The Labute approximate surface area is 258 Å². The number of nitrogens with zero attached hydrogens (tertiary/aromatic N) is 6. The molecule has 0 aliphatic rings. The molecule has 8 heteroatoms. The lowest BCUT2D eigenvalue weighted by atomic mass is 10.1. The molecule has 0 unspecified atom stereocenters. The highest BCUT2D eigenvalue weighted by molar-refractivity contribution is 6.16. The number of benzene rings is 3. The minimum Gasteiger partial charge on any atom is -0.456 e. The summed E-state index contributed by atoms with van der Waals surface area (Å²) in [5, 5.41) is 8.38. The van der Waals surface area contributed by atoms with Crippen molar-refractivity contribution in [3.05, 3.63) is 122 Å². The van der Waals surface area contributed by atoms with Crippen molar-refractivity contribution in [3.63, 3.8) is 0 Å². The summed E-state index contributed by atoms with van der Waals surface area (Å²) in [6.07, 6.45) is 11.1. The van der Waals surface area contributed by atoms with Crippen LogP contribution in [-0.2, 0) is 0 Å². The number of hydrogen-bond acceptors (Lipinski definition) is 6. The van der Waals surface area contributed by atoms with Crippen molar-refractivity contribution in [2.24, 2.45) is 0 Å². The predicted octanol–water partition coefficient (Wildman–Crippen LogP) is 9.26. The summed E-state index contributed by atoms with van der Waals surface area (Å²) in [4.78, 5) is 18.3. The van der Waals surface area contributed by atoms with Crippen molar-refractivity contribution in [2.75, 3.05) is 0 Å². The first kappa shape index (κ1) is 23.9. The highest BCUT2D eigenvalue weighted by Crippen LogP contribution is 2.40. The van der Waals surface area contributed by atoms with Crippen LogP contribution in [0.4, 0.5) is 0 Å². The van der Waals surface area contributed by atoms with Crippen molar-refractivity contribution in [1.29, 1.82) is 0 Å². The molecule has 8 nitrogen and oxygen atoms in total. The summed E-state index contributed by atoms with van der Waals surface area (Å²) in [5.74, 6) is 0. The van der Waals surface area contributed by atoms with Crippen LogP contribution in [0.15, 0.2) is 131 Å². The standard InChI is InChI=1S/C38H20N6O2/c1-3-23-29-19-39-13-9-31(29)43(37(23)41-11-1)21-5-7-33-25(15-21)27-17-28-26-16-22(6-8-34(26)46-36(28)18-35(27)45-33)44-32-10-14-40-20-30(32)24-4-2-12-42-38(24)44/h1-20H. The van der Waals surface area contributed by atoms with Crippen LogP contribution in [0, 0.1) is 0 Å². The minimum atomic E-state index is 0.780. The molecule has 8 heterocycles. The van der Waals surface area contributed by atoms with Crippen molar-refractivity contribution in [3.8, 4) is 11.4 Å². The number of furan rings is 2. The third-order valence-corrected chi connectivity index (χ3v) is 9.20. The fourth-order valence-electron chi connectivity index (χ4n) is 7.20. The number of pyridine rings is 4. The molecule has 0 aliphatic heterocycles. The van der Waals surface area contributed by atoms with E-state index < -0.39 is 0 Å². The highest BCUT2D eigenvalue weighted by atomic mass is 16.3. The summed E-state index contributed by atoms with van der Waals surface area (Å²) in [7, 11) is 0. The van der Waals surface area contributed by atoms with Crippen molar-refractivity contribution >= 4 is 87.7 Å². The Hall–Kier alpha value is -6.54.